The second-order valence-electron chi connectivity index (χ2n) is 9.11. The van der Waals surface area contributed by atoms with Crippen LogP contribution in [0.25, 0.3) is 11.1 Å². The van der Waals surface area contributed by atoms with Gasteiger partial charge in [0.2, 0.25) is 0 Å². The van der Waals surface area contributed by atoms with Crippen molar-refractivity contribution >= 4 is 0 Å². The van der Waals surface area contributed by atoms with Gasteiger partial charge in [-0.05, 0) is 91.9 Å². The molecule has 1 nitrogen and oxygen atoms in total. The van der Waals surface area contributed by atoms with E-state index in [2.05, 4.69) is 60.7 Å². The zero-order valence-corrected chi connectivity index (χ0v) is 19.2. The van der Waals surface area contributed by atoms with E-state index in [1.807, 2.05) is 0 Å². The minimum atomic E-state index is -0.166. The Morgan fingerprint density at radius 1 is 0.839 bits per heavy atom. The van der Waals surface area contributed by atoms with Gasteiger partial charge < -0.3 is 4.74 Å². The number of hydrogen-bond acceptors (Lipinski definition) is 1. The molecule has 0 aliphatic heterocycles. The highest BCUT2D eigenvalue weighted by Crippen LogP contribution is 2.32. The summed E-state index contributed by atoms with van der Waals surface area (Å²) in [6.07, 6.45) is 16.7. The van der Waals surface area contributed by atoms with E-state index >= 15 is 0 Å². The molecule has 0 aromatic heterocycles. The van der Waals surface area contributed by atoms with Crippen LogP contribution in [0.3, 0.4) is 0 Å². The van der Waals surface area contributed by atoms with Crippen molar-refractivity contribution in [3.63, 3.8) is 0 Å². The maximum Gasteiger partial charge on any atom is 0.0894 e. The van der Waals surface area contributed by atoms with Gasteiger partial charge in [-0.15, -0.1) is 0 Å². The summed E-state index contributed by atoms with van der Waals surface area (Å²) in [6.45, 7) is 0.500. The standard InChI is InChI=1S/C29H39FO/c1-31-23-27-16-20-29(21-17-27)28-18-14-26(15-19-28)13-12-25-10-8-24(9-11-25)7-5-3-2-4-6-22-30/h5,7,14-21,24-25H,2-4,6,8-13,22-23H2,1H3/t24-,25-. The number of rotatable bonds is 12. The number of alkyl halides is 1. The van der Waals surface area contributed by atoms with Crippen LogP contribution in [0, 0.1) is 11.8 Å². The Labute approximate surface area is 188 Å². The van der Waals surface area contributed by atoms with Crippen LogP contribution in [0.15, 0.2) is 60.7 Å². The third-order valence-corrected chi connectivity index (χ3v) is 6.70. The molecule has 1 aliphatic carbocycles. The molecule has 2 aromatic carbocycles. The van der Waals surface area contributed by atoms with Gasteiger partial charge in [0, 0.05) is 7.11 Å². The molecule has 168 valence electrons. The second kappa shape index (κ2) is 13.5. The summed E-state index contributed by atoms with van der Waals surface area (Å²) in [7, 11) is 1.73. The molecule has 0 amide bonds. The lowest BCUT2D eigenvalue weighted by Gasteiger charge is -2.26. The van der Waals surface area contributed by atoms with E-state index in [1.165, 1.54) is 60.8 Å². The van der Waals surface area contributed by atoms with Crippen LogP contribution in [0.1, 0.15) is 68.9 Å². The van der Waals surface area contributed by atoms with Crippen LogP contribution >= 0.6 is 0 Å². The van der Waals surface area contributed by atoms with E-state index in [0.29, 0.717) is 6.61 Å². The van der Waals surface area contributed by atoms with E-state index in [0.717, 1.165) is 37.5 Å². The van der Waals surface area contributed by atoms with Crippen molar-refractivity contribution in [1.82, 2.24) is 0 Å². The topological polar surface area (TPSA) is 9.23 Å². The zero-order chi connectivity index (χ0) is 21.7. The number of benzene rings is 2. The molecule has 0 atom stereocenters. The fourth-order valence-corrected chi connectivity index (χ4v) is 4.69. The fourth-order valence-electron chi connectivity index (χ4n) is 4.69. The summed E-state index contributed by atoms with van der Waals surface area (Å²) in [5.41, 5.74) is 5.21. The van der Waals surface area contributed by atoms with Crippen molar-refractivity contribution < 1.29 is 9.13 Å². The summed E-state index contributed by atoms with van der Waals surface area (Å²) in [4.78, 5) is 0. The van der Waals surface area contributed by atoms with Gasteiger partial charge in [0.15, 0.2) is 0 Å². The van der Waals surface area contributed by atoms with Crippen LogP contribution in [-0.2, 0) is 17.8 Å². The van der Waals surface area contributed by atoms with Crippen LogP contribution in [0.2, 0.25) is 0 Å². The van der Waals surface area contributed by atoms with Crippen LogP contribution in [-0.4, -0.2) is 13.8 Å². The van der Waals surface area contributed by atoms with Crippen LogP contribution in [0.4, 0.5) is 4.39 Å². The molecule has 0 heterocycles. The Morgan fingerprint density at radius 2 is 1.48 bits per heavy atom. The molecule has 3 rings (SSSR count). The van der Waals surface area contributed by atoms with Gasteiger partial charge in [0.05, 0.1) is 13.3 Å². The minimum absolute atomic E-state index is 0.166. The molecular weight excluding hydrogens is 383 g/mol. The molecular formula is C29H39FO. The molecule has 2 heteroatoms. The minimum Gasteiger partial charge on any atom is -0.380 e. The van der Waals surface area contributed by atoms with Gasteiger partial charge in [-0.25, -0.2) is 0 Å². The Bertz CT molecular complexity index is 754. The van der Waals surface area contributed by atoms with Crippen molar-refractivity contribution in [3.8, 4) is 11.1 Å². The highest BCUT2D eigenvalue weighted by Gasteiger charge is 2.19. The van der Waals surface area contributed by atoms with Gasteiger partial charge in [-0.2, -0.15) is 0 Å². The number of hydrogen-bond donors (Lipinski definition) is 0. The summed E-state index contributed by atoms with van der Waals surface area (Å²) < 4.78 is 17.3. The molecule has 0 radical (unpaired) electrons. The normalized spacial score (nSPS) is 19.2. The Hall–Kier alpha value is -1.93. The van der Waals surface area contributed by atoms with Gasteiger partial charge in [0.25, 0.3) is 0 Å². The van der Waals surface area contributed by atoms with Crippen molar-refractivity contribution in [2.45, 2.75) is 70.8 Å². The first-order valence-corrected chi connectivity index (χ1v) is 12.2. The lowest BCUT2D eigenvalue weighted by molar-refractivity contribution is 0.185. The average Bonchev–Trinajstić information content (AvgIpc) is 2.82. The highest BCUT2D eigenvalue weighted by molar-refractivity contribution is 5.63. The molecule has 1 fully saturated rings. The first kappa shape index (κ1) is 23.7. The van der Waals surface area contributed by atoms with Gasteiger partial charge in [0.1, 0.15) is 0 Å². The predicted octanol–water partition coefficient (Wildman–Crippen LogP) is 8.33. The molecule has 1 aliphatic rings. The molecule has 31 heavy (non-hydrogen) atoms. The number of allylic oxidation sites excluding steroid dienone is 2. The smallest absolute Gasteiger partial charge is 0.0894 e. The van der Waals surface area contributed by atoms with Gasteiger partial charge in [-0.1, -0.05) is 67.1 Å². The quantitative estimate of drug-likeness (QED) is 0.247. The third-order valence-electron chi connectivity index (χ3n) is 6.70. The molecule has 0 unspecified atom stereocenters. The molecule has 0 spiro atoms. The predicted molar refractivity (Wildman–Crippen MR) is 130 cm³/mol. The summed E-state index contributed by atoms with van der Waals surface area (Å²) >= 11 is 0. The van der Waals surface area contributed by atoms with Crippen molar-refractivity contribution in [2.24, 2.45) is 11.8 Å². The summed E-state index contributed by atoms with van der Waals surface area (Å²) in [5.74, 6) is 1.65. The average molecular weight is 423 g/mol. The lowest BCUT2D eigenvalue weighted by atomic mass is 9.79. The monoisotopic (exact) mass is 422 g/mol. The fraction of sp³-hybridized carbons (Fsp3) is 0.517. The number of unbranched alkanes of at least 4 members (excludes halogenated alkanes) is 3. The molecule has 0 N–H and O–H groups in total. The van der Waals surface area contributed by atoms with Crippen molar-refractivity contribution in [2.75, 3.05) is 13.8 Å². The summed E-state index contributed by atoms with van der Waals surface area (Å²) in [6, 6.07) is 17.8. The Kier molecular flexibility index (Phi) is 10.3. The lowest BCUT2D eigenvalue weighted by Crippen LogP contribution is -2.13. The van der Waals surface area contributed by atoms with E-state index in [1.54, 1.807) is 7.11 Å². The largest absolute Gasteiger partial charge is 0.380 e. The Morgan fingerprint density at radius 3 is 2.10 bits per heavy atom. The number of aryl methyl sites for hydroxylation is 1. The van der Waals surface area contributed by atoms with E-state index in [9.17, 15) is 4.39 Å². The van der Waals surface area contributed by atoms with Crippen LogP contribution in [0.5, 0.6) is 0 Å². The zero-order valence-electron chi connectivity index (χ0n) is 19.2. The number of ether oxygens (including phenoxy) is 1. The maximum atomic E-state index is 12.1. The molecule has 0 bridgehead atoms. The highest BCUT2D eigenvalue weighted by atomic mass is 19.1. The summed E-state index contributed by atoms with van der Waals surface area (Å²) in [5, 5.41) is 0. The third kappa shape index (κ3) is 8.26. The first-order chi connectivity index (χ1) is 15.3. The first-order valence-electron chi connectivity index (χ1n) is 12.2. The van der Waals surface area contributed by atoms with Gasteiger partial charge in [-0.3, -0.25) is 4.39 Å². The van der Waals surface area contributed by atoms with E-state index in [4.69, 9.17) is 4.74 Å². The molecule has 2 aromatic rings. The molecule has 0 saturated heterocycles. The molecule has 1 saturated carbocycles. The van der Waals surface area contributed by atoms with Crippen molar-refractivity contribution in [3.05, 3.63) is 71.8 Å². The number of methoxy groups -OCH3 is 1. The SMILES string of the molecule is COCc1ccc(-c2ccc(CC[C@H]3CC[C@H](C=CCCCCCF)CC3)cc2)cc1. The Balaban J connectivity index is 1.36. The van der Waals surface area contributed by atoms with E-state index < -0.39 is 0 Å². The van der Waals surface area contributed by atoms with Gasteiger partial charge >= 0.3 is 0 Å². The second-order valence-corrected chi connectivity index (χ2v) is 9.11. The maximum absolute atomic E-state index is 12.1. The number of halogens is 1. The van der Waals surface area contributed by atoms with E-state index in [-0.39, 0.29) is 6.67 Å². The van der Waals surface area contributed by atoms with Crippen molar-refractivity contribution in [1.29, 1.82) is 0 Å². The van der Waals surface area contributed by atoms with Crippen LogP contribution < -0.4 is 0 Å².